The molecule has 0 aliphatic heterocycles. The third-order valence-corrected chi connectivity index (χ3v) is 4.34. The van der Waals surface area contributed by atoms with Gasteiger partial charge in [0.2, 0.25) is 0 Å². The first-order chi connectivity index (χ1) is 12.5. The van der Waals surface area contributed by atoms with Gasteiger partial charge in [-0.25, -0.2) is 8.78 Å². The predicted octanol–water partition coefficient (Wildman–Crippen LogP) is 7.56. The van der Waals surface area contributed by atoms with E-state index >= 15 is 0 Å². The van der Waals surface area contributed by atoms with Crippen molar-refractivity contribution in [3.63, 3.8) is 0 Å². The summed E-state index contributed by atoms with van der Waals surface area (Å²) in [5, 5.41) is 0. The minimum Gasteiger partial charge on any atom is -0.218 e. The van der Waals surface area contributed by atoms with E-state index in [1.54, 1.807) is 0 Å². The third-order valence-electron chi connectivity index (χ3n) is 3.71. The Morgan fingerprint density at radius 2 is 1.21 bits per heavy atom. The molecule has 0 saturated carbocycles. The molecule has 0 bridgehead atoms. The fourth-order valence-corrected chi connectivity index (χ4v) is 3.12. The van der Waals surface area contributed by atoms with Crippen molar-refractivity contribution in [2.75, 3.05) is 0 Å². The summed E-state index contributed by atoms with van der Waals surface area (Å²) in [4.78, 5) is 0. The molecule has 0 saturated heterocycles. The van der Waals surface area contributed by atoms with Crippen molar-refractivity contribution in [3.05, 3.63) is 57.8 Å². The van der Waals surface area contributed by atoms with Crippen LogP contribution in [0.3, 0.4) is 0 Å². The minimum atomic E-state index is -6.69. The highest BCUT2D eigenvalue weighted by Gasteiger charge is 2.74. The zero-order valence-corrected chi connectivity index (χ0v) is 14.6. The van der Waals surface area contributed by atoms with Crippen LogP contribution in [0, 0.1) is 5.82 Å². The average molecular weight is 487 g/mol. The maximum atomic E-state index is 14.6. The first kappa shape index (κ1) is 22.4. The molecule has 0 nitrogen and oxygen atoms in total. The van der Waals surface area contributed by atoms with Crippen molar-refractivity contribution in [1.82, 2.24) is 0 Å². The number of benzene rings is 2. The Bertz CT molecular complexity index is 864. The van der Waals surface area contributed by atoms with E-state index in [2.05, 4.69) is 15.9 Å². The molecule has 0 aliphatic rings. The molecule has 0 fully saturated rings. The van der Waals surface area contributed by atoms with Gasteiger partial charge in [-0.1, -0.05) is 34.1 Å². The van der Waals surface area contributed by atoms with Crippen molar-refractivity contribution in [3.8, 4) is 11.1 Å². The van der Waals surface area contributed by atoms with Gasteiger partial charge >= 0.3 is 24.2 Å². The predicted molar refractivity (Wildman–Crippen MR) is 79.4 cm³/mol. The van der Waals surface area contributed by atoms with E-state index in [1.807, 2.05) is 0 Å². The topological polar surface area (TPSA) is 0 Å². The number of alkyl halides is 10. The zero-order chi connectivity index (χ0) is 21.7. The molecular formula is C16H6BrF11. The normalized spacial score (nSPS) is 13.7. The van der Waals surface area contributed by atoms with Crippen LogP contribution in [0.15, 0.2) is 40.9 Å². The van der Waals surface area contributed by atoms with Crippen LogP contribution >= 0.6 is 15.9 Å². The molecule has 0 unspecified atom stereocenters. The summed E-state index contributed by atoms with van der Waals surface area (Å²) in [6, 6.07) is 2.91. The highest BCUT2D eigenvalue weighted by atomic mass is 79.9. The smallest absolute Gasteiger partial charge is 0.218 e. The molecular weight excluding hydrogens is 481 g/mol. The van der Waals surface area contributed by atoms with Crippen LogP contribution in [0.2, 0.25) is 0 Å². The largest absolute Gasteiger partial charge is 0.435 e. The third kappa shape index (κ3) is 3.70. The Morgan fingerprint density at radius 1 is 0.714 bits per heavy atom. The molecule has 28 heavy (non-hydrogen) atoms. The maximum absolute atomic E-state index is 14.6. The second-order valence-corrected chi connectivity index (χ2v) is 6.37. The number of hydrogen-bond donors (Lipinski definition) is 0. The molecule has 0 heterocycles. The fourth-order valence-electron chi connectivity index (χ4n) is 2.45. The van der Waals surface area contributed by atoms with Crippen LogP contribution < -0.4 is 0 Å². The minimum absolute atomic E-state index is 0.137. The molecule has 154 valence electrons. The summed E-state index contributed by atoms with van der Waals surface area (Å²) >= 11 is 2.42. The molecule has 0 N–H and O–H groups in total. The standard InChI is InChI=1S/C16H6BrF11/c17-10-6-7(14(20,21)22)5-9(12(10)8-3-1-2-4-11(8)18)13(19,15(23,24)25)16(26,27)28/h1-6H. The van der Waals surface area contributed by atoms with Gasteiger partial charge in [-0.2, -0.15) is 39.5 Å². The van der Waals surface area contributed by atoms with E-state index in [9.17, 15) is 48.3 Å². The van der Waals surface area contributed by atoms with Crippen LogP contribution in [0.25, 0.3) is 11.1 Å². The van der Waals surface area contributed by atoms with Crippen LogP contribution in [0.4, 0.5) is 48.3 Å². The monoisotopic (exact) mass is 486 g/mol. The van der Waals surface area contributed by atoms with E-state index in [0.29, 0.717) is 12.1 Å². The lowest BCUT2D eigenvalue weighted by Gasteiger charge is -2.33. The molecule has 0 atom stereocenters. The molecule has 0 radical (unpaired) electrons. The summed E-state index contributed by atoms with van der Waals surface area (Å²) in [6.07, 6.45) is -18.8. The Balaban J connectivity index is 3.06. The SMILES string of the molecule is Fc1ccccc1-c1c(Br)cc(C(F)(F)F)cc1C(F)(C(F)(F)F)C(F)(F)F. The number of rotatable bonds is 2. The molecule has 0 amide bonds. The first-order valence-corrected chi connectivity index (χ1v) is 7.79. The van der Waals surface area contributed by atoms with E-state index in [0.717, 1.165) is 12.1 Å². The summed E-state index contributed by atoms with van der Waals surface area (Å²) in [6.45, 7) is 0. The lowest BCUT2D eigenvalue weighted by Crippen LogP contribution is -2.50. The molecule has 2 aromatic rings. The molecule has 2 aromatic carbocycles. The van der Waals surface area contributed by atoms with Gasteiger partial charge < -0.3 is 0 Å². The van der Waals surface area contributed by atoms with Crippen LogP contribution in [-0.2, 0) is 11.8 Å². The van der Waals surface area contributed by atoms with Gasteiger partial charge in [0, 0.05) is 21.2 Å². The lowest BCUT2D eigenvalue weighted by atomic mass is 9.85. The van der Waals surface area contributed by atoms with Gasteiger partial charge in [-0.3, -0.25) is 0 Å². The molecule has 2 rings (SSSR count). The summed E-state index contributed by atoms with van der Waals surface area (Å²) in [5.41, 5.74) is -12.9. The van der Waals surface area contributed by atoms with Gasteiger partial charge in [-0.05, 0) is 18.2 Å². The van der Waals surface area contributed by atoms with Crippen LogP contribution in [0.1, 0.15) is 11.1 Å². The second-order valence-electron chi connectivity index (χ2n) is 5.51. The lowest BCUT2D eigenvalue weighted by molar-refractivity contribution is -0.348. The van der Waals surface area contributed by atoms with Gasteiger partial charge in [0.05, 0.1) is 5.56 Å². The molecule has 0 aliphatic carbocycles. The molecule has 0 spiro atoms. The van der Waals surface area contributed by atoms with Gasteiger partial charge in [0.25, 0.3) is 0 Å². The van der Waals surface area contributed by atoms with Crippen molar-refractivity contribution in [2.45, 2.75) is 24.2 Å². The maximum Gasteiger partial charge on any atom is 0.435 e. The van der Waals surface area contributed by atoms with E-state index < -0.39 is 62.8 Å². The van der Waals surface area contributed by atoms with E-state index in [4.69, 9.17) is 0 Å². The fraction of sp³-hybridized carbons (Fsp3) is 0.250. The summed E-state index contributed by atoms with van der Waals surface area (Å²) < 4.78 is 145. The summed E-state index contributed by atoms with van der Waals surface area (Å²) in [7, 11) is 0. The van der Waals surface area contributed by atoms with Crippen LogP contribution in [0.5, 0.6) is 0 Å². The first-order valence-electron chi connectivity index (χ1n) is 7.00. The highest BCUT2D eigenvalue weighted by Crippen LogP contribution is 2.57. The van der Waals surface area contributed by atoms with Crippen molar-refractivity contribution >= 4 is 15.9 Å². The van der Waals surface area contributed by atoms with Crippen molar-refractivity contribution in [1.29, 1.82) is 0 Å². The van der Waals surface area contributed by atoms with Crippen LogP contribution in [-0.4, -0.2) is 12.4 Å². The Morgan fingerprint density at radius 3 is 1.64 bits per heavy atom. The quantitative estimate of drug-likeness (QED) is 0.384. The van der Waals surface area contributed by atoms with Gasteiger partial charge in [0.15, 0.2) is 0 Å². The Labute approximate surface area is 158 Å². The molecule has 12 heteroatoms. The van der Waals surface area contributed by atoms with Gasteiger partial charge in [0.1, 0.15) is 5.82 Å². The average Bonchev–Trinajstić information content (AvgIpc) is 2.51. The van der Waals surface area contributed by atoms with Crippen molar-refractivity contribution < 1.29 is 48.3 Å². The zero-order valence-electron chi connectivity index (χ0n) is 13.0. The number of hydrogen-bond acceptors (Lipinski definition) is 0. The van der Waals surface area contributed by atoms with Gasteiger partial charge in [-0.15, -0.1) is 0 Å². The Kier molecular flexibility index (Phi) is 5.52. The van der Waals surface area contributed by atoms with E-state index in [1.165, 1.54) is 0 Å². The van der Waals surface area contributed by atoms with E-state index in [-0.39, 0.29) is 6.07 Å². The van der Waals surface area contributed by atoms with Crippen molar-refractivity contribution in [2.24, 2.45) is 0 Å². The summed E-state index contributed by atoms with van der Waals surface area (Å²) in [5.74, 6) is -1.36. The highest BCUT2D eigenvalue weighted by molar-refractivity contribution is 9.10. The Hall–Kier alpha value is -1.85. The molecule has 0 aromatic heterocycles. The number of halogens is 12. The second kappa shape index (κ2) is 6.89.